The Kier molecular flexibility index (Phi) is 7.42. The van der Waals surface area contributed by atoms with E-state index in [9.17, 15) is 18.8 Å². The minimum atomic E-state index is -0.471. The molecule has 2 fully saturated rings. The van der Waals surface area contributed by atoms with Crippen LogP contribution in [-0.2, 0) is 16.1 Å². The fourth-order valence-electron chi connectivity index (χ4n) is 4.58. The number of ether oxygens (including phenoxy) is 1. The van der Waals surface area contributed by atoms with Gasteiger partial charge in [0.1, 0.15) is 11.6 Å². The molecule has 3 unspecified atom stereocenters. The van der Waals surface area contributed by atoms with Crippen molar-refractivity contribution in [3.05, 3.63) is 65.5 Å². The van der Waals surface area contributed by atoms with Gasteiger partial charge in [0, 0.05) is 43.7 Å². The van der Waals surface area contributed by atoms with Gasteiger partial charge in [-0.3, -0.25) is 19.3 Å². The highest BCUT2D eigenvalue weighted by Gasteiger charge is 2.43. The van der Waals surface area contributed by atoms with Crippen LogP contribution in [0.3, 0.4) is 0 Å². The summed E-state index contributed by atoms with van der Waals surface area (Å²) >= 11 is 0. The van der Waals surface area contributed by atoms with E-state index in [1.807, 2.05) is 24.3 Å². The van der Waals surface area contributed by atoms with Crippen molar-refractivity contribution in [2.24, 2.45) is 0 Å². The molecule has 0 saturated carbocycles. The molecule has 34 heavy (non-hydrogen) atoms. The number of rotatable bonds is 8. The van der Waals surface area contributed by atoms with Crippen molar-refractivity contribution < 1.29 is 23.5 Å². The molecule has 3 atom stereocenters. The van der Waals surface area contributed by atoms with E-state index in [0.717, 1.165) is 11.3 Å². The van der Waals surface area contributed by atoms with Crippen LogP contribution in [0.1, 0.15) is 35.2 Å². The Bertz CT molecular complexity index is 1050. The lowest BCUT2D eigenvalue weighted by Crippen LogP contribution is -2.58. The summed E-state index contributed by atoms with van der Waals surface area (Å²) in [4.78, 5) is 39.4. The highest BCUT2D eigenvalue weighted by Crippen LogP contribution is 2.26. The lowest BCUT2D eigenvalue weighted by molar-refractivity contribution is -0.129. The molecule has 0 spiro atoms. The van der Waals surface area contributed by atoms with Gasteiger partial charge in [0.05, 0.1) is 13.2 Å². The predicted molar refractivity (Wildman–Crippen MR) is 124 cm³/mol. The topological polar surface area (TPSA) is 99.8 Å². The smallest absolute Gasteiger partial charge is 0.251 e. The Labute approximate surface area is 197 Å². The van der Waals surface area contributed by atoms with Crippen LogP contribution in [-0.4, -0.2) is 60.9 Å². The quantitative estimate of drug-likeness (QED) is 0.547. The van der Waals surface area contributed by atoms with Crippen molar-refractivity contribution in [3.63, 3.8) is 0 Å². The van der Waals surface area contributed by atoms with Crippen molar-refractivity contribution in [1.29, 1.82) is 0 Å². The van der Waals surface area contributed by atoms with Gasteiger partial charge in [-0.05, 0) is 48.7 Å². The molecule has 2 heterocycles. The minimum Gasteiger partial charge on any atom is -0.497 e. The molecule has 4 rings (SSSR count). The van der Waals surface area contributed by atoms with Crippen molar-refractivity contribution in [1.82, 2.24) is 20.9 Å². The standard InChI is InChI=1S/C25H29FN4O4/c1-34-21-8-5-16(6-9-21)13-27-23(31)10-7-20-14-28-25(33)22-12-19(15-30(20)22)29-24(32)17-3-2-4-18(26)11-17/h2-6,8-9,11,19-20,22H,7,10,12-15H2,1H3,(H,27,31)(H,28,33)(H,29,32). The summed E-state index contributed by atoms with van der Waals surface area (Å²) in [5.74, 6) is -0.192. The summed E-state index contributed by atoms with van der Waals surface area (Å²) in [6.07, 6.45) is 1.41. The van der Waals surface area contributed by atoms with Crippen LogP contribution in [0.25, 0.3) is 0 Å². The number of carbonyl (C=O) groups is 3. The molecule has 8 nitrogen and oxygen atoms in total. The largest absolute Gasteiger partial charge is 0.497 e. The van der Waals surface area contributed by atoms with E-state index in [2.05, 4.69) is 20.9 Å². The van der Waals surface area contributed by atoms with Gasteiger partial charge in [0.2, 0.25) is 11.8 Å². The van der Waals surface area contributed by atoms with Crippen LogP contribution in [0.5, 0.6) is 5.75 Å². The third-order valence-corrected chi connectivity index (χ3v) is 6.40. The number of amides is 3. The minimum absolute atomic E-state index is 0.00510. The Hall–Kier alpha value is -3.46. The maximum atomic E-state index is 13.4. The molecule has 9 heteroatoms. The Morgan fingerprint density at radius 3 is 2.74 bits per heavy atom. The predicted octanol–water partition coefficient (Wildman–Crippen LogP) is 1.60. The zero-order valence-corrected chi connectivity index (χ0v) is 19.1. The van der Waals surface area contributed by atoms with E-state index >= 15 is 0 Å². The van der Waals surface area contributed by atoms with Gasteiger partial charge in [0.25, 0.3) is 5.91 Å². The summed E-state index contributed by atoms with van der Waals surface area (Å²) in [7, 11) is 1.61. The molecule has 2 saturated heterocycles. The molecule has 0 aromatic heterocycles. The summed E-state index contributed by atoms with van der Waals surface area (Å²) in [6.45, 7) is 1.41. The molecule has 3 N–H and O–H groups in total. The van der Waals surface area contributed by atoms with E-state index in [4.69, 9.17) is 4.74 Å². The molecular weight excluding hydrogens is 439 g/mol. The first-order chi connectivity index (χ1) is 16.4. The second-order valence-corrected chi connectivity index (χ2v) is 8.69. The number of halogens is 1. The summed E-state index contributed by atoms with van der Waals surface area (Å²) in [5, 5.41) is 8.77. The van der Waals surface area contributed by atoms with Gasteiger partial charge in [-0.2, -0.15) is 0 Å². The number of benzene rings is 2. The van der Waals surface area contributed by atoms with Gasteiger partial charge in [-0.25, -0.2) is 4.39 Å². The average molecular weight is 469 g/mol. The number of hydrogen-bond donors (Lipinski definition) is 3. The lowest BCUT2D eigenvalue weighted by atomic mass is 10.0. The van der Waals surface area contributed by atoms with Gasteiger partial charge in [-0.15, -0.1) is 0 Å². The molecular formula is C25H29FN4O4. The van der Waals surface area contributed by atoms with E-state index in [1.54, 1.807) is 13.2 Å². The number of fused-ring (bicyclic) bond motifs is 1. The van der Waals surface area contributed by atoms with E-state index < -0.39 is 5.82 Å². The second-order valence-electron chi connectivity index (χ2n) is 8.69. The number of piperazine rings is 1. The zero-order valence-electron chi connectivity index (χ0n) is 19.1. The normalized spacial score (nSPS) is 21.9. The molecule has 0 bridgehead atoms. The first-order valence-corrected chi connectivity index (χ1v) is 11.4. The van der Waals surface area contributed by atoms with Crippen molar-refractivity contribution in [3.8, 4) is 5.75 Å². The number of nitrogens with zero attached hydrogens (tertiary/aromatic N) is 1. The first kappa shape index (κ1) is 23.7. The van der Waals surface area contributed by atoms with Crippen LogP contribution in [0.15, 0.2) is 48.5 Å². The highest BCUT2D eigenvalue weighted by atomic mass is 19.1. The number of methoxy groups -OCH3 is 1. The maximum absolute atomic E-state index is 13.4. The number of hydrogen-bond acceptors (Lipinski definition) is 5. The first-order valence-electron chi connectivity index (χ1n) is 11.4. The SMILES string of the molecule is COc1ccc(CNC(=O)CCC2CNC(=O)C3CC(NC(=O)c4cccc(F)c4)CN23)cc1. The Morgan fingerprint density at radius 1 is 1.21 bits per heavy atom. The lowest BCUT2D eigenvalue weighted by Gasteiger charge is -2.37. The van der Waals surface area contributed by atoms with Crippen LogP contribution in [0.4, 0.5) is 4.39 Å². The molecule has 180 valence electrons. The van der Waals surface area contributed by atoms with Crippen LogP contribution in [0, 0.1) is 5.82 Å². The molecule has 2 aliphatic rings. The Balaban J connectivity index is 1.28. The number of carbonyl (C=O) groups excluding carboxylic acids is 3. The van der Waals surface area contributed by atoms with Crippen molar-refractivity contribution in [2.45, 2.75) is 43.9 Å². The van der Waals surface area contributed by atoms with Crippen LogP contribution >= 0.6 is 0 Å². The van der Waals surface area contributed by atoms with Gasteiger partial charge in [-0.1, -0.05) is 18.2 Å². The van der Waals surface area contributed by atoms with Crippen molar-refractivity contribution in [2.75, 3.05) is 20.2 Å². The maximum Gasteiger partial charge on any atom is 0.251 e. The summed E-state index contributed by atoms with van der Waals surface area (Å²) in [5.41, 5.74) is 1.23. The third kappa shape index (κ3) is 5.72. The average Bonchev–Trinajstić information content (AvgIpc) is 3.27. The van der Waals surface area contributed by atoms with Crippen molar-refractivity contribution >= 4 is 17.7 Å². The number of nitrogens with one attached hydrogen (secondary N) is 3. The zero-order chi connectivity index (χ0) is 24.1. The second kappa shape index (κ2) is 10.6. The molecule has 0 radical (unpaired) electrons. The van der Waals surface area contributed by atoms with E-state index in [0.29, 0.717) is 38.9 Å². The summed E-state index contributed by atoms with van der Waals surface area (Å²) in [6, 6.07) is 12.5. The molecule has 2 aromatic rings. The monoisotopic (exact) mass is 468 g/mol. The van der Waals surface area contributed by atoms with Gasteiger partial charge >= 0.3 is 0 Å². The molecule has 2 aromatic carbocycles. The molecule has 0 aliphatic carbocycles. The molecule has 2 aliphatic heterocycles. The van der Waals surface area contributed by atoms with Crippen LogP contribution < -0.4 is 20.7 Å². The molecule has 3 amide bonds. The van der Waals surface area contributed by atoms with E-state index in [-0.39, 0.29) is 41.4 Å². The highest BCUT2D eigenvalue weighted by molar-refractivity contribution is 5.94. The van der Waals surface area contributed by atoms with Gasteiger partial charge < -0.3 is 20.7 Å². The summed E-state index contributed by atoms with van der Waals surface area (Å²) < 4.78 is 18.6. The Morgan fingerprint density at radius 2 is 2.00 bits per heavy atom. The fraction of sp³-hybridized carbons (Fsp3) is 0.400. The fourth-order valence-corrected chi connectivity index (χ4v) is 4.58. The van der Waals surface area contributed by atoms with Crippen LogP contribution in [0.2, 0.25) is 0 Å². The third-order valence-electron chi connectivity index (χ3n) is 6.40. The van der Waals surface area contributed by atoms with E-state index in [1.165, 1.54) is 18.2 Å². The van der Waals surface area contributed by atoms with Gasteiger partial charge in [0.15, 0.2) is 0 Å².